The van der Waals surface area contributed by atoms with Crippen LogP contribution in [0.1, 0.15) is 5.56 Å². The number of phenolic OH excluding ortho intramolecular Hbond substituents is 1. The summed E-state index contributed by atoms with van der Waals surface area (Å²) in [6, 6.07) is 9.45. The quantitative estimate of drug-likeness (QED) is 0.739. The summed E-state index contributed by atoms with van der Waals surface area (Å²) in [4.78, 5) is 0. The molecule has 0 aliphatic heterocycles. The normalized spacial score (nSPS) is 11.4. The number of benzene rings is 2. The van der Waals surface area contributed by atoms with Crippen molar-refractivity contribution in [3.8, 4) is 5.75 Å². The van der Waals surface area contributed by atoms with Gasteiger partial charge in [-0.05, 0) is 11.5 Å². The number of fused-ring (bicyclic) bond motifs is 1. The summed E-state index contributed by atoms with van der Waals surface area (Å²) in [5.74, 6) is 0.204. The first-order chi connectivity index (χ1) is 9.25. The third kappa shape index (κ3) is 2.22. The van der Waals surface area contributed by atoms with Crippen LogP contribution in [0, 0.1) is 0 Å². The van der Waals surface area contributed by atoms with Crippen LogP contribution in [0.5, 0.6) is 5.75 Å². The second kappa shape index (κ2) is 4.81. The Balaban J connectivity index is 2.12. The molecule has 0 atom stereocenters. The molecule has 1 N–H and O–H groups in total. The van der Waals surface area contributed by atoms with Crippen molar-refractivity contribution in [2.45, 2.75) is 0 Å². The monoisotopic (exact) mass is 316 g/mol. The van der Waals surface area contributed by atoms with Crippen molar-refractivity contribution in [2.24, 2.45) is 5.10 Å². The van der Waals surface area contributed by atoms with Crippen LogP contribution in [-0.2, 0) is 0 Å². The molecule has 0 bridgehead atoms. The van der Waals surface area contributed by atoms with Gasteiger partial charge in [0, 0.05) is 15.4 Å². The summed E-state index contributed by atoms with van der Waals surface area (Å²) in [5.41, 5.74) is 0.624. The standard InChI is InChI=1S/C13H9BrN4O/c14-12-5-9(6-17-18-7-15-16-8-18)13(19)11-4-2-1-3-10(11)12/h1-8,19H/b17-6-. The van der Waals surface area contributed by atoms with Crippen molar-refractivity contribution >= 4 is 32.9 Å². The summed E-state index contributed by atoms with van der Waals surface area (Å²) in [6.45, 7) is 0. The van der Waals surface area contributed by atoms with Gasteiger partial charge in [0.2, 0.25) is 0 Å². The zero-order chi connectivity index (χ0) is 13.2. The highest BCUT2D eigenvalue weighted by Gasteiger charge is 2.08. The van der Waals surface area contributed by atoms with E-state index in [1.54, 1.807) is 6.21 Å². The zero-order valence-corrected chi connectivity index (χ0v) is 11.3. The van der Waals surface area contributed by atoms with Gasteiger partial charge >= 0.3 is 0 Å². The van der Waals surface area contributed by atoms with Crippen molar-refractivity contribution in [3.05, 3.63) is 53.0 Å². The van der Waals surface area contributed by atoms with E-state index in [4.69, 9.17) is 0 Å². The Bertz CT molecular complexity index is 753. The van der Waals surface area contributed by atoms with E-state index in [-0.39, 0.29) is 5.75 Å². The highest BCUT2D eigenvalue weighted by atomic mass is 79.9. The number of phenols is 1. The molecular weight excluding hydrogens is 308 g/mol. The van der Waals surface area contributed by atoms with Gasteiger partial charge in [0.25, 0.3) is 0 Å². The van der Waals surface area contributed by atoms with E-state index < -0.39 is 0 Å². The largest absolute Gasteiger partial charge is 0.507 e. The van der Waals surface area contributed by atoms with Gasteiger partial charge in [-0.25, -0.2) is 4.68 Å². The molecule has 0 radical (unpaired) electrons. The van der Waals surface area contributed by atoms with Crippen LogP contribution >= 0.6 is 15.9 Å². The van der Waals surface area contributed by atoms with Crippen molar-refractivity contribution in [1.82, 2.24) is 14.9 Å². The van der Waals surface area contributed by atoms with E-state index >= 15 is 0 Å². The fraction of sp³-hybridized carbons (Fsp3) is 0. The molecular formula is C13H9BrN4O. The third-order valence-electron chi connectivity index (χ3n) is 2.73. The van der Waals surface area contributed by atoms with Gasteiger partial charge in [0.15, 0.2) is 0 Å². The Hall–Kier alpha value is -2.21. The summed E-state index contributed by atoms with van der Waals surface area (Å²) in [6.07, 6.45) is 4.52. The molecule has 5 nitrogen and oxygen atoms in total. The van der Waals surface area contributed by atoms with Crippen molar-refractivity contribution in [3.63, 3.8) is 0 Å². The minimum absolute atomic E-state index is 0.204. The summed E-state index contributed by atoms with van der Waals surface area (Å²) in [5, 5.41) is 23.4. The lowest BCUT2D eigenvalue weighted by Crippen LogP contribution is -1.90. The molecule has 3 rings (SSSR count). The Labute approximate surface area is 117 Å². The lowest BCUT2D eigenvalue weighted by atomic mass is 10.1. The highest BCUT2D eigenvalue weighted by Crippen LogP contribution is 2.33. The number of aromatic nitrogens is 3. The summed E-state index contributed by atoms with van der Waals surface area (Å²) < 4.78 is 2.37. The van der Waals surface area contributed by atoms with Gasteiger partial charge in [-0.2, -0.15) is 5.10 Å². The molecule has 2 aromatic carbocycles. The maximum Gasteiger partial charge on any atom is 0.141 e. The second-order valence-corrected chi connectivity index (χ2v) is 4.78. The molecule has 1 aromatic heterocycles. The molecule has 1 heterocycles. The van der Waals surface area contributed by atoms with Crippen molar-refractivity contribution in [2.75, 3.05) is 0 Å². The predicted molar refractivity (Wildman–Crippen MR) is 76.3 cm³/mol. The molecule has 94 valence electrons. The smallest absolute Gasteiger partial charge is 0.141 e. The Morgan fingerprint density at radius 3 is 2.58 bits per heavy atom. The molecule has 19 heavy (non-hydrogen) atoms. The number of aromatic hydroxyl groups is 1. The van der Waals surface area contributed by atoms with Crippen LogP contribution in [0.25, 0.3) is 10.8 Å². The zero-order valence-electron chi connectivity index (χ0n) is 9.73. The number of rotatable bonds is 2. The van der Waals surface area contributed by atoms with Crippen LogP contribution in [-0.4, -0.2) is 26.2 Å². The molecule has 0 fully saturated rings. The number of halogens is 1. The molecule has 0 saturated heterocycles. The van der Waals surface area contributed by atoms with Gasteiger partial charge in [-0.3, -0.25) is 0 Å². The fourth-order valence-corrected chi connectivity index (χ4v) is 2.41. The Kier molecular flexibility index (Phi) is 3.00. The van der Waals surface area contributed by atoms with E-state index in [1.807, 2.05) is 30.3 Å². The minimum atomic E-state index is 0.204. The van der Waals surface area contributed by atoms with Gasteiger partial charge in [-0.1, -0.05) is 40.2 Å². The van der Waals surface area contributed by atoms with E-state index in [1.165, 1.54) is 17.3 Å². The van der Waals surface area contributed by atoms with Gasteiger partial charge < -0.3 is 5.11 Å². The van der Waals surface area contributed by atoms with Crippen LogP contribution in [0.4, 0.5) is 0 Å². The van der Waals surface area contributed by atoms with Crippen LogP contribution in [0.2, 0.25) is 0 Å². The molecule has 0 aliphatic carbocycles. The van der Waals surface area contributed by atoms with Crippen LogP contribution in [0.15, 0.2) is 52.6 Å². The molecule has 6 heteroatoms. The number of hydrogen-bond donors (Lipinski definition) is 1. The van der Waals surface area contributed by atoms with Crippen molar-refractivity contribution < 1.29 is 5.11 Å². The van der Waals surface area contributed by atoms with Crippen LogP contribution < -0.4 is 0 Å². The van der Waals surface area contributed by atoms with E-state index in [0.717, 1.165) is 15.2 Å². The Morgan fingerprint density at radius 2 is 1.84 bits per heavy atom. The van der Waals surface area contributed by atoms with Crippen LogP contribution in [0.3, 0.4) is 0 Å². The average molecular weight is 317 g/mol. The first-order valence-corrected chi connectivity index (χ1v) is 6.34. The van der Waals surface area contributed by atoms with Gasteiger partial charge in [-0.15, -0.1) is 10.2 Å². The van der Waals surface area contributed by atoms with E-state index in [2.05, 4.69) is 31.2 Å². The fourth-order valence-electron chi connectivity index (χ4n) is 1.82. The topological polar surface area (TPSA) is 63.3 Å². The molecule has 3 aromatic rings. The third-order valence-corrected chi connectivity index (χ3v) is 3.39. The van der Waals surface area contributed by atoms with E-state index in [0.29, 0.717) is 5.56 Å². The lowest BCUT2D eigenvalue weighted by molar-refractivity contribution is 0.480. The predicted octanol–water partition coefficient (Wildman–Crippen LogP) is 2.78. The summed E-state index contributed by atoms with van der Waals surface area (Å²) in [7, 11) is 0. The second-order valence-electron chi connectivity index (χ2n) is 3.93. The highest BCUT2D eigenvalue weighted by molar-refractivity contribution is 9.10. The first kappa shape index (κ1) is 11.9. The van der Waals surface area contributed by atoms with E-state index in [9.17, 15) is 5.11 Å². The Morgan fingerprint density at radius 1 is 1.16 bits per heavy atom. The molecule has 0 spiro atoms. The molecule has 0 aliphatic rings. The lowest BCUT2D eigenvalue weighted by Gasteiger charge is -2.06. The minimum Gasteiger partial charge on any atom is -0.507 e. The van der Waals surface area contributed by atoms with Crippen molar-refractivity contribution in [1.29, 1.82) is 0 Å². The molecule has 0 amide bonds. The first-order valence-electron chi connectivity index (χ1n) is 5.55. The number of nitrogens with zero attached hydrogens (tertiary/aromatic N) is 4. The van der Waals surface area contributed by atoms with Gasteiger partial charge in [0.05, 0.1) is 6.21 Å². The SMILES string of the molecule is Oc1c(/C=N\n2cnnc2)cc(Br)c2ccccc12. The molecule has 0 unspecified atom stereocenters. The summed E-state index contributed by atoms with van der Waals surface area (Å²) >= 11 is 3.50. The maximum absolute atomic E-state index is 10.2. The molecule has 0 saturated carbocycles. The average Bonchev–Trinajstić information content (AvgIpc) is 2.95. The number of hydrogen-bond acceptors (Lipinski definition) is 4. The maximum atomic E-state index is 10.2. The van der Waals surface area contributed by atoms with Gasteiger partial charge in [0.1, 0.15) is 18.4 Å².